The van der Waals surface area contributed by atoms with Gasteiger partial charge in [0.2, 0.25) is 14.3 Å². The van der Waals surface area contributed by atoms with Crippen LogP contribution in [0.4, 0.5) is 0 Å². The summed E-state index contributed by atoms with van der Waals surface area (Å²) in [5, 5.41) is 2.91. The van der Waals surface area contributed by atoms with Crippen molar-refractivity contribution in [1.29, 1.82) is 0 Å². The summed E-state index contributed by atoms with van der Waals surface area (Å²) in [6.45, 7) is 4.42. The minimum absolute atomic E-state index is 0.314. The molecule has 0 saturated heterocycles. The number of hydrogen-bond donors (Lipinski definition) is 0. The van der Waals surface area contributed by atoms with E-state index in [4.69, 9.17) is 0 Å². The normalized spacial score (nSPS) is 12.9. The molecule has 7 rings (SSSR count). The molecule has 4 heteroatoms. The molecule has 1 aliphatic carbocycles. The van der Waals surface area contributed by atoms with Crippen molar-refractivity contribution in [3.63, 3.8) is 0 Å². The largest absolute Gasteiger partial charge is 0.300 e. The SMILES string of the molecule is CC1(C)c2cc(C#CP(=O)(c3ccccc3)c3ccccc3)ccc2-c2ccc(C#CP(=O)(c3ccccc3)c3ccccc3)cc21. The summed E-state index contributed by atoms with van der Waals surface area (Å²) in [7, 11) is -6.34. The summed E-state index contributed by atoms with van der Waals surface area (Å²) in [5.74, 6) is 6.58. The van der Waals surface area contributed by atoms with Gasteiger partial charge in [-0.2, -0.15) is 0 Å². The van der Waals surface area contributed by atoms with Crippen molar-refractivity contribution in [2.24, 2.45) is 0 Å². The fourth-order valence-electron chi connectivity index (χ4n) is 6.29. The number of fused-ring (bicyclic) bond motifs is 3. The first-order valence-electron chi connectivity index (χ1n) is 15.6. The van der Waals surface area contributed by atoms with Crippen LogP contribution in [0.5, 0.6) is 0 Å². The van der Waals surface area contributed by atoms with Crippen molar-refractivity contribution in [2.75, 3.05) is 0 Å². The smallest absolute Gasteiger partial charge is 0.211 e. The lowest BCUT2D eigenvalue weighted by Crippen LogP contribution is -2.15. The molecular formula is C43H32O2P2. The Hall–Kier alpha value is -5.10. The van der Waals surface area contributed by atoms with E-state index in [2.05, 4.69) is 61.3 Å². The van der Waals surface area contributed by atoms with E-state index in [9.17, 15) is 9.13 Å². The molecule has 0 bridgehead atoms. The molecule has 6 aromatic carbocycles. The van der Waals surface area contributed by atoms with E-state index < -0.39 is 14.3 Å². The van der Waals surface area contributed by atoms with E-state index in [-0.39, 0.29) is 5.41 Å². The van der Waals surface area contributed by atoms with Crippen molar-refractivity contribution < 1.29 is 9.13 Å². The maximum Gasteiger partial charge on any atom is 0.211 e. The van der Waals surface area contributed by atoms with Crippen LogP contribution in [0.2, 0.25) is 0 Å². The summed E-state index contributed by atoms with van der Waals surface area (Å²) in [5.41, 5.74) is 12.4. The molecule has 1 aliphatic rings. The maximum absolute atomic E-state index is 14.5. The zero-order chi connectivity index (χ0) is 32.5. The highest BCUT2D eigenvalue weighted by Crippen LogP contribution is 2.49. The lowest BCUT2D eigenvalue weighted by Gasteiger charge is -2.21. The summed E-state index contributed by atoms with van der Waals surface area (Å²) in [4.78, 5) is 0. The lowest BCUT2D eigenvalue weighted by atomic mass is 9.81. The predicted octanol–water partition coefficient (Wildman–Crippen LogP) is 8.64. The van der Waals surface area contributed by atoms with Crippen molar-refractivity contribution in [2.45, 2.75) is 19.3 Å². The first kappa shape index (κ1) is 30.5. The molecule has 6 aromatic rings. The maximum atomic E-state index is 14.5. The van der Waals surface area contributed by atoms with E-state index in [1.165, 1.54) is 0 Å². The van der Waals surface area contributed by atoms with E-state index in [0.717, 1.165) is 54.6 Å². The fraction of sp³-hybridized carbons (Fsp3) is 0.0698. The van der Waals surface area contributed by atoms with Crippen LogP contribution in [0.3, 0.4) is 0 Å². The van der Waals surface area contributed by atoms with Crippen molar-refractivity contribution in [3.8, 4) is 34.3 Å². The van der Waals surface area contributed by atoms with Crippen LogP contribution < -0.4 is 21.2 Å². The molecule has 226 valence electrons. The minimum atomic E-state index is -3.17. The highest BCUT2D eigenvalue weighted by molar-refractivity contribution is 7.83. The predicted molar refractivity (Wildman–Crippen MR) is 197 cm³/mol. The molecule has 0 heterocycles. The molecule has 0 saturated carbocycles. The zero-order valence-corrected chi connectivity index (χ0v) is 28.0. The average Bonchev–Trinajstić information content (AvgIpc) is 3.36. The molecule has 0 amide bonds. The van der Waals surface area contributed by atoms with E-state index in [0.29, 0.717) is 0 Å². The summed E-state index contributed by atoms with van der Waals surface area (Å²) < 4.78 is 28.9. The molecule has 47 heavy (non-hydrogen) atoms. The van der Waals surface area contributed by atoms with Gasteiger partial charge in [0.05, 0.1) is 0 Å². The Kier molecular flexibility index (Phi) is 7.96. The van der Waals surface area contributed by atoms with Gasteiger partial charge >= 0.3 is 0 Å². The van der Waals surface area contributed by atoms with Crippen molar-refractivity contribution in [3.05, 3.63) is 180 Å². The van der Waals surface area contributed by atoms with Gasteiger partial charge in [-0.15, -0.1) is 0 Å². The Labute approximate surface area is 277 Å². The highest BCUT2D eigenvalue weighted by Gasteiger charge is 2.36. The molecule has 2 nitrogen and oxygen atoms in total. The van der Waals surface area contributed by atoms with Crippen molar-refractivity contribution >= 4 is 35.5 Å². The third kappa shape index (κ3) is 5.62. The van der Waals surface area contributed by atoms with Gasteiger partial charge in [-0.05, 0) is 57.8 Å². The van der Waals surface area contributed by atoms with Crippen LogP contribution in [0.15, 0.2) is 158 Å². The number of rotatable bonds is 4. The Balaban J connectivity index is 1.25. The summed E-state index contributed by atoms with van der Waals surface area (Å²) in [6.07, 6.45) is 0. The molecule has 0 aromatic heterocycles. The Morgan fingerprint density at radius 2 is 0.723 bits per heavy atom. The van der Waals surface area contributed by atoms with Gasteiger partial charge < -0.3 is 0 Å². The Morgan fingerprint density at radius 3 is 1.02 bits per heavy atom. The lowest BCUT2D eigenvalue weighted by molar-refractivity contribution is 0.592. The fourth-order valence-corrected chi connectivity index (χ4v) is 10.3. The monoisotopic (exact) mass is 642 g/mol. The number of benzene rings is 6. The number of hydrogen-bond acceptors (Lipinski definition) is 2. The van der Waals surface area contributed by atoms with Crippen LogP contribution in [-0.4, -0.2) is 0 Å². The highest BCUT2D eigenvalue weighted by atomic mass is 31.2. The zero-order valence-electron chi connectivity index (χ0n) is 26.2. The van der Waals surface area contributed by atoms with Gasteiger partial charge in [-0.25, -0.2) is 0 Å². The van der Waals surface area contributed by atoms with Gasteiger partial charge in [-0.3, -0.25) is 9.13 Å². The second kappa shape index (κ2) is 12.3. The van der Waals surface area contributed by atoms with Crippen LogP contribution in [0.25, 0.3) is 11.1 Å². The third-order valence-electron chi connectivity index (χ3n) is 8.87. The van der Waals surface area contributed by atoms with E-state index >= 15 is 0 Å². The molecule has 0 atom stereocenters. The molecule has 0 N–H and O–H groups in total. The van der Waals surface area contributed by atoms with Gasteiger partial charge in [0, 0.05) is 37.8 Å². The molecule has 0 radical (unpaired) electrons. The molecule has 0 spiro atoms. The molecular weight excluding hydrogens is 610 g/mol. The third-order valence-corrected chi connectivity index (χ3v) is 13.8. The van der Waals surface area contributed by atoms with Crippen LogP contribution >= 0.6 is 14.3 Å². The molecule has 0 aliphatic heterocycles. The van der Waals surface area contributed by atoms with E-state index in [1.54, 1.807) is 0 Å². The van der Waals surface area contributed by atoms with Gasteiger partial charge in [-0.1, -0.05) is 159 Å². The van der Waals surface area contributed by atoms with Crippen LogP contribution in [0.1, 0.15) is 36.1 Å². The average molecular weight is 643 g/mol. The summed E-state index contributed by atoms with van der Waals surface area (Å²) >= 11 is 0. The minimum Gasteiger partial charge on any atom is -0.300 e. The second-order valence-electron chi connectivity index (χ2n) is 12.2. The molecule has 0 fully saturated rings. The van der Waals surface area contributed by atoms with Gasteiger partial charge in [0.15, 0.2) is 0 Å². The summed E-state index contributed by atoms with van der Waals surface area (Å²) in [6, 6.07) is 50.6. The first-order valence-corrected chi connectivity index (χ1v) is 19.0. The first-order chi connectivity index (χ1) is 22.8. The Morgan fingerprint density at radius 1 is 0.426 bits per heavy atom. The van der Waals surface area contributed by atoms with E-state index in [1.807, 2.05) is 133 Å². The quantitative estimate of drug-likeness (QED) is 0.143. The second-order valence-corrected chi connectivity index (χ2v) is 17.1. The standard InChI is InChI=1S/C43H32O2P2/c1-43(2)41-31-33(27-29-46(44,35-15-7-3-8-16-35)36-17-9-4-10-18-36)23-25-39(41)40-26-24-34(32-42(40)43)28-30-47(45,37-19-11-5-12-20-37)38-21-13-6-14-22-38/h3-26,31-32H,1-2H3. The van der Waals surface area contributed by atoms with Gasteiger partial charge in [0.1, 0.15) is 0 Å². The van der Waals surface area contributed by atoms with Gasteiger partial charge in [0.25, 0.3) is 0 Å². The van der Waals surface area contributed by atoms with Crippen molar-refractivity contribution in [1.82, 2.24) is 0 Å². The topological polar surface area (TPSA) is 34.1 Å². The Bertz CT molecular complexity index is 2070. The van der Waals surface area contributed by atoms with Crippen LogP contribution in [-0.2, 0) is 14.5 Å². The van der Waals surface area contributed by atoms with Crippen LogP contribution in [0, 0.1) is 23.2 Å². The molecule has 0 unspecified atom stereocenters.